The summed E-state index contributed by atoms with van der Waals surface area (Å²) in [5, 5.41) is 3.00. The number of anilines is 1. The van der Waals surface area contributed by atoms with Crippen molar-refractivity contribution in [1.82, 2.24) is 10.2 Å². The smallest absolute Gasteiger partial charge is 0.251 e. The van der Waals surface area contributed by atoms with Crippen LogP contribution in [-0.2, 0) is 0 Å². The Morgan fingerprint density at radius 3 is 2.59 bits per heavy atom. The minimum absolute atomic E-state index is 0.136. The van der Waals surface area contributed by atoms with Gasteiger partial charge in [-0.15, -0.1) is 0 Å². The molecule has 0 unspecified atom stereocenters. The number of fused-ring (bicyclic) bond motifs is 1. The number of ether oxygens (including phenoxy) is 3. The van der Waals surface area contributed by atoms with Gasteiger partial charge in [0.2, 0.25) is 5.75 Å². The van der Waals surface area contributed by atoms with Crippen LogP contribution >= 0.6 is 0 Å². The van der Waals surface area contributed by atoms with Gasteiger partial charge in [0.1, 0.15) is 13.2 Å². The minimum Gasteiger partial charge on any atom is -0.493 e. The maximum absolute atomic E-state index is 12.6. The van der Waals surface area contributed by atoms with E-state index in [1.165, 1.54) is 5.69 Å². The van der Waals surface area contributed by atoms with Crippen molar-refractivity contribution in [2.24, 2.45) is 0 Å². The first kappa shape index (κ1) is 19.4. The minimum atomic E-state index is -0.136. The van der Waals surface area contributed by atoms with Gasteiger partial charge in [-0.25, -0.2) is 0 Å². The van der Waals surface area contributed by atoms with E-state index in [1.54, 1.807) is 19.2 Å². The van der Waals surface area contributed by atoms with Crippen molar-refractivity contribution in [1.29, 1.82) is 0 Å². The molecule has 0 radical (unpaired) electrons. The summed E-state index contributed by atoms with van der Waals surface area (Å²) in [5.74, 6) is 1.50. The first-order valence-corrected chi connectivity index (χ1v) is 10.0. The Bertz CT molecular complexity index is 818. The van der Waals surface area contributed by atoms with E-state index in [0.29, 0.717) is 42.6 Å². The lowest BCUT2D eigenvalue weighted by atomic mass is 10.1. The lowest BCUT2D eigenvalue weighted by molar-refractivity contribution is 0.0946. The topological polar surface area (TPSA) is 63.3 Å². The Kier molecular flexibility index (Phi) is 6.05. The van der Waals surface area contributed by atoms with Gasteiger partial charge in [-0.1, -0.05) is 18.2 Å². The molecule has 2 aliphatic heterocycles. The number of carbonyl (C=O) groups is 1. The molecule has 0 bridgehead atoms. The summed E-state index contributed by atoms with van der Waals surface area (Å²) in [5.41, 5.74) is 1.79. The van der Waals surface area contributed by atoms with E-state index in [-0.39, 0.29) is 5.91 Å². The van der Waals surface area contributed by atoms with E-state index in [2.05, 4.69) is 39.4 Å². The standard InChI is InChI=1S/C22H27N3O4/c1-27-19-15-17(16-20-21(19)29-14-13-28-20)22(26)23-7-8-24-9-11-25(12-10-24)18-5-3-2-4-6-18/h2-6,15-16H,7-14H2,1H3,(H,23,26). The van der Waals surface area contributed by atoms with Gasteiger partial charge in [-0.3, -0.25) is 9.69 Å². The van der Waals surface area contributed by atoms with Crippen molar-refractivity contribution >= 4 is 11.6 Å². The Morgan fingerprint density at radius 1 is 1.07 bits per heavy atom. The van der Waals surface area contributed by atoms with Crippen LogP contribution < -0.4 is 24.4 Å². The summed E-state index contributed by atoms with van der Waals surface area (Å²) < 4.78 is 16.5. The van der Waals surface area contributed by atoms with Gasteiger partial charge in [0.25, 0.3) is 5.91 Å². The van der Waals surface area contributed by atoms with Crippen LogP contribution in [0.2, 0.25) is 0 Å². The van der Waals surface area contributed by atoms with E-state index >= 15 is 0 Å². The molecule has 7 heteroatoms. The summed E-state index contributed by atoms with van der Waals surface area (Å²) in [7, 11) is 1.56. The molecule has 4 rings (SSSR count). The molecule has 0 aliphatic carbocycles. The summed E-state index contributed by atoms with van der Waals surface area (Å²) in [6.07, 6.45) is 0. The summed E-state index contributed by atoms with van der Waals surface area (Å²) in [4.78, 5) is 17.4. The second-order valence-electron chi connectivity index (χ2n) is 7.12. The van der Waals surface area contributed by atoms with Crippen molar-refractivity contribution in [3.05, 3.63) is 48.0 Å². The first-order valence-electron chi connectivity index (χ1n) is 10.0. The molecule has 0 spiro atoms. The van der Waals surface area contributed by atoms with Crippen molar-refractivity contribution in [2.45, 2.75) is 0 Å². The number of hydrogen-bond donors (Lipinski definition) is 1. The van der Waals surface area contributed by atoms with Crippen LogP contribution in [0, 0.1) is 0 Å². The maximum Gasteiger partial charge on any atom is 0.251 e. The normalized spacial score (nSPS) is 16.4. The third kappa shape index (κ3) is 4.56. The molecule has 2 aromatic carbocycles. The molecule has 1 fully saturated rings. The van der Waals surface area contributed by atoms with Crippen molar-refractivity contribution in [3.63, 3.8) is 0 Å². The fraction of sp³-hybridized carbons (Fsp3) is 0.409. The molecule has 29 heavy (non-hydrogen) atoms. The van der Waals surface area contributed by atoms with Crippen LogP contribution in [0.1, 0.15) is 10.4 Å². The van der Waals surface area contributed by atoms with Gasteiger partial charge < -0.3 is 24.4 Å². The number of nitrogens with one attached hydrogen (secondary N) is 1. The largest absolute Gasteiger partial charge is 0.493 e. The second-order valence-corrected chi connectivity index (χ2v) is 7.12. The Balaban J connectivity index is 1.26. The van der Waals surface area contributed by atoms with Crippen molar-refractivity contribution in [2.75, 3.05) is 64.5 Å². The molecule has 154 valence electrons. The van der Waals surface area contributed by atoms with E-state index in [0.717, 1.165) is 32.7 Å². The zero-order valence-corrected chi connectivity index (χ0v) is 16.7. The van der Waals surface area contributed by atoms with Gasteiger partial charge in [0, 0.05) is 50.5 Å². The van der Waals surface area contributed by atoms with Crippen LogP contribution in [0.5, 0.6) is 17.2 Å². The number of nitrogens with zero attached hydrogens (tertiary/aromatic N) is 2. The number of methoxy groups -OCH3 is 1. The number of benzene rings is 2. The molecule has 0 aromatic heterocycles. The van der Waals surface area contributed by atoms with Crippen LogP contribution in [0.4, 0.5) is 5.69 Å². The predicted octanol–water partition coefficient (Wildman–Crippen LogP) is 2.02. The first-order chi connectivity index (χ1) is 14.2. The Morgan fingerprint density at radius 2 is 1.83 bits per heavy atom. The van der Waals surface area contributed by atoms with Crippen LogP contribution in [0.25, 0.3) is 0 Å². The van der Waals surface area contributed by atoms with E-state index in [4.69, 9.17) is 14.2 Å². The SMILES string of the molecule is COc1cc(C(=O)NCCN2CCN(c3ccccc3)CC2)cc2c1OCCO2. The number of amides is 1. The highest BCUT2D eigenvalue weighted by atomic mass is 16.6. The van der Waals surface area contributed by atoms with Gasteiger partial charge >= 0.3 is 0 Å². The molecule has 1 N–H and O–H groups in total. The summed E-state index contributed by atoms with van der Waals surface area (Å²) in [6.45, 7) is 6.35. The third-order valence-electron chi connectivity index (χ3n) is 5.30. The van der Waals surface area contributed by atoms with Crippen LogP contribution in [0.15, 0.2) is 42.5 Å². The molecular weight excluding hydrogens is 370 g/mol. The fourth-order valence-corrected chi connectivity index (χ4v) is 3.70. The third-order valence-corrected chi connectivity index (χ3v) is 5.30. The molecule has 1 amide bonds. The Labute approximate surface area is 171 Å². The van der Waals surface area contributed by atoms with Crippen LogP contribution in [-0.4, -0.2) is 70.4 Å². The van der Waals surface area contributed by atoms with Crippen molar-refractivity contribution < 1.29 is 19.0 Å². The molecule has 7 nitrogen and oxygen atoms in total. The molecule has 2 heterocycles. The quantitative estimate of drug-likeness (QED) is 0.805. The van der Waals surface area contributed by atoms with Gasteiger partial charge in [0.05, 0.1) is 7.11 Å². The van der Waals surface area contributed by atoms with Gasteiger partial charge in [-0.05, 0) is 24.3 Å². The number of para-hydroxylation sites is 1. The highest BCUT2D eigenvalue weighted by Crippen LogP contribution is 2.40. The summed E-state index contributed by atoms with van der Waals surface area (Å²) >= 11 is 0. The average molecular weight is 397 g/mol. The molecule has 2 aliphatic rings. The van der Waals surface area contributed by atoms with E-state index in [1.807, 2.05) is 6.07 Å². The molecule has 2 aromatic rings. The highest BCUT2D eigenvalue weighted by Gasteiger charge is 2.21. The predicted molar refractivity (Wildman–Crippen MR) is 111 cm³/mol. The number of piperazine rings is 1. The average Bonchev–Trinajstić information content (AvgIpc) is 2.79. The number of hydrogen-bond acceptors (Lipinski definition) is 6. The lowest BCUT2D eigenvalue weighted by Gasteiger charge is -2.36. The molecular formula is C22H27N3O4. The van der Waals surface area contributed by atoms with Crippen LogP contribution in [0.3, 0.4) is 0 Å². The van der Waals surface area contributed by atoms with E-state index < -0.39 is 0 Å². The molecule has 1 saturated heterocycles. The number of rotatable bonds is 6. The summed E-state index contributed by atoms with van der Waals surface area (Å²) in [6, 6.07) is 13.9. The highest BCUT2D eigenvalue weighted by molar-refractivity contribution is 5.95. The van der Waals surface area contributed by atoms with Gasteiger partial charge in [0.15, 0.2) is 11.5 Å². The molecule has 0 saturated carbocycles. The number of carbonyl (C=O) groups excluding carboxylic acids is 1. The Hall–Kier alpha value is -2.93. The fourth-order valence-electron chi connectivity index (χ4n) is 3.70. The van der Waals surface area contributed by atoms with Crippen molar-refractivity contribution in [3.8, 4) is 17.2 Å². The zero-order chi connectivity index (χ0) is 20.1. The van der Waals surface area contributed by atoms with Gasteiger partial charge in [-0.2, -0.15) is 0 Å². The van der Waals surface area contributed by atoms with E-state index in [9.17, 15) is 4.79 Å². The lowest BCUT2D eigenvalue weighted by Crippen LogP contribution is -2.48. The molecule has 0 atom stereocenters. The zero-order valence-electron chi connectivity index (χ0n) is 16.7. The second kappa shape index (κ2) is 9.05. The maximum atomic E-state index is 12.6. The monoisotopic (exact) mass is 397 g/mol.